The van der Waals surface area contributed by atoms with Crippen LogP contribution in [0.25, 0.3) is 10.9 Å². The van der Waals surface area contributed by atoms with Crippen molar-refractivity contribution >= 4 is 39.5 Å². The van der Waals surface area contributed by atoms with E-state index in [1.165, 1.54) is 25.4 Å². The Morgan fingerprint density at radius 1 is 1.47 bits per heavy atom. The van der Waals surface area contributed by atoms with E-state index in [0.717, 1.165) is 0 Å². The number of carbonyl (C=O) groups is 1. The molecular weight excluding hydrogens is 364 g/mol. The van der Waals surface area contributed by atoms with Crippen LogP contribution in [0.5, 0.6) is 0 Å². The summed E-state index contributed by atoms with van der Waals surface area (Å²) in [5.41, 5.74) is 0.0180. The number of rotatable bonds is 2. The van der Waals surface area contributed by atoms with E-state index in [1.54, 1.807) is 4.57 Å². The Kier molecular flexibility index (Phi) is 3.88. The predicted octanol–water partition coefficient (Wildman–Crippen LogP) is 2.55. The SMILES string of the molecule is CCn1cc(C(=O)OC)c(=O)c2ccc(F)c(I)c21. The normalized spacial score (nSPS) is 10.7. The lowest BCUT2D eigenvalue weighted by Crippen LogP contribution is -2.20. The molecule has 2 aromatic rings. The van der Waals surface area contributed by atoms with Crippen LogP contribution in [0.3, 0.4) is 0 Å². The van der Waals surface area contributed by atoms with Gasteiger partial charge in [0.05, 0.1) is 16.2 Å². The van der Waals surface area contributed by atoms with Crippen molar-refractivity contribution < 1.29 is 13.9 Å². The van der Waals surface area contributed by atoms with E-state index in [-0.39, 0.29) is 11.4 Å². The summed E-state index contributed by atoms with van der Waals surface area (Å²) in [6.07, 6.45) is 1.41. The van der Waals surface area contributed by atoms with Crippen LogP contribution in [-0.4, -0.2) is 17.6 Å². The van der Waals surface area contributed by atoms with Gasteiger partial charge in [-0.1, -0.05) is 0 Å². The van der Waals surface area contributed by atoms with Crippen LogP contribution in [0.1, 0.15) is 17.3 Å². The first-order valence-electron chi connectivity index (χ1n) is 5.60. The molecule has 0 unspecified atom stereocenters. The van der Waals surface area contributed by atoms with Crippen LogP contribution >= 0.6 is 22.6 Å². The van der Waals surface area contributed by atoms with Crippen molar-refractivity contribution in [1.29, 1.82) is 0 Å². The molecule has 6 heteroatoms. The standard InChI is InChI=1S/C13H11FINO3/c1-3-16-6-8(13(18)19-2)12(17)7-4-5-9(14)10(15)11(7)16/h4-6H,3H2,1-2H3. The Hall–Kier alpha value is -1.44. The summed E-state index contributed by atoms with van der Waals surface area (Å²) in [4.78, 5) is 23.8. The molecule has 2 rings (SSSR count). The molecule has 0 radical (unpaired) electrons. The molecule has 0 aliphatic carbocycles. The number of aromatic nitrogens is 1. The van der Waals surface area contributed by atoms with Crippen LogP contribution in [-0.2, 0) is 11.3 Å². The number of hydrogen-bond donors (Lipinski definition) is 0. The molecule has 0 atom stereocenters. The fraction of sp³-hybridized carbons (Fsp3) is 0.231. The fourth-order valence-corrected chi connectivity index (χ4v) is 2.71. The highest BCUT2D eigenvalue weighted by atomic mass is 127. The molecule has 0 bridgehead atoms. The monoisotopic (exact) mass is 375 g/mol. The number of esters is 1. The third-order valence-corrected chi connectivity index (χ3v) is 3.90. The minimum Gasteiger partial charge on any atom is -0.465 e. The highest BCUT2D eigenvalue weighted by Gasteiger charge is 2.18. The smallest absolute Gasteiger partial charge is 0.343 e. The maximum absolute atomic E-state index is 13.6. The Morgan fingerprint density at radius 3 is 2.74 bits per heavy atom. The lowest BCUT2D eigenvalue weighted by Gasteiger charge is -2.12. The van der Waals surface area contributed by atoms with Gasteiger partial charge in [-0.05, 0) is 41.6 Å². The molecule has 0 spiro atoms. The summed E-state index contributed by atoms with van der Waals surface area (Å²) >= 11 is 1.86. The Morgan fingerprint density at radius 2 is 2.16 bits per heavy atom. The van der Waals surface area contributed by atoms with E-state index in [2.05, 4.69) is 4.74 Å². The number of carbonyl (C=O) groups excluding carboxylic acids is 1. The second kappa shape index (κ2) is 5.28. The maximum atomic E-state index is 13.6. The number of benzene rings is 1. The Balaban J connectivity index is 2.95. The van der Waals surface area contributed by atoms with Gasteiger partial charge in [0.1, 0.15) is 11.4 Å². The highest BCUT2D eigenvalue weighted by Crippen LogP contribution is 2.22. The number of halogens is 2. The van der Waals surface area contributed by atoms with Gasteiger partial charge in [0.2, 0.25) is 5.43 Å². The van der Waals surface area contributed by atoms with E-state index in [1.807, 2.05) is 29.5 Å². The van der Waals surface area contributed by atoms with Crippen LogP contribution in [0.2, 0.25) is 0 Å². The van der Waals surface area contributed by atoms with Gasteiger partial charge < -0.3 is 9.30 Å². The van der Waals surface area contributed by atoms with Crippen molar-refractivity contribution in [2.24, 2.45) is 0 Å². The van der Waals surface area contributed by atoms with E-state index in [4.69, 9.17) is 0 Å². The zero-order chi connectivity index (χ0) is 14.2. The lowest BCUT2D eigenvalue weighted by atomic mass is 10.1. The molecule has 0 saturated carbocycles. The summed E-state index contributed by atoms with van der Waals surface area (Å²) in [5, 5.41) is 0.315. The molecule has 1 aromatic heterocycles. The number of nitrogens with zero attached hydrogens (tertiary/aromatic N) is 1. The maximum Gasteiger partial charge on any atom is 0.343 e. The molecular formula is C13H11FINO3. The minimum atomic E-state index is -0.687. The summed E-state index contributed by atoms with van der Waals surface area (Å²) < 4.78 is 20.2. The lowest BCUT2D eigenvalue weighted by molar-refractivity contribution is 0.0598. The molecule has 0 N–H and O–H groups in total. The van der Waals surface area contributed by atoms with E-state index in [0.29, 0.717) is 21.0 Å². The number of pyridine rings is 1. The minimum absolute atomic E-state index is 0.0424. The van der Waals surface area contributed by atoms with Gasteiger partial charge in [0.15, 0.2) is 0 Å². The predicted molar refractivity (Wildman–Crippen MR) is 77.9 cm³/mol. The third kappa shape index (κ3) is 2.24. The van der Waals surface area contributed by atoms with Crippen LogP contribution < -0.4 is 5.43 Å². The zero-order valence-corrected chi connectivity index (χ0v) is 12.5. The summed E-state index contributed by atoms with van der Waals surface area (Å²) in [6.45, 7) is 2.37. The topological polar surface area (TPSA) is 48.3 Å². The summed E-state index contributed by atoms with van der Waals surface area (Å²) in [7, 11) is 1.22. The van der Waals surface area contributed by atoms with Gasteiger partial charge in [0.25, 0.3) is 0 Å². The number of ether oxygens (including phenoxy) is 1. The van der Waals surface area contributed by atoms with E-state index in [9.17, 15) is 14.0 Å². The third-order valence-electron chi connectivity index (χ3n) is 2.88. The van der Waals surface area contributed by atoms with Gasteiger partial charge in [-0.25, -0.2) is 9.18 Å². The Bertz CT molecular complexity index is 724. The van der Waals surface area contributed by atoms with Crippen LogP contribution in [0, 0.1) is 9.39 Å². The van der Waals surface area contributed by atoms with Crippen molar-refractivity contribution in [3.63, 3.8) is 0 Å². The van der Waals surface area contributed by atoms with Crippen LogP contribution in [0.4, 0.5) is 4.39 Å². The zero-order valence-electron chi connectivity index (χ0n) is 10.4. The van der Waals surface area contributed by atoms with Gasteiger partial charge in [-0.3, -0.25) is 4.79 Å². The number of fused-ring (bicyclic) bond motifs is 1. The van der Waals surface area contributed by atoms with Gasteiger partial charge in [0, 0.05) is 18.1 Å². The molecule has 1 heterocycles. The second-order valence-corrected chi connectivity index (χ2v) is 4.99. The number of aryl methyl sites for hydroxylation is 1. The molecule has 4 nitrogen and oxygen atoms in total. The molecule has 0 aliphatic rings. The van der Waals surface area contributed by atoms with Crippen molar-refractivity contribution in [3.8, 4) is 0 Å². The quantitative estimate of drug-likeness (QED) is 0.599. The fourth-order valence-electron chi connectivity index (χ4n) is 1.93. The van der Waals surface area contributed by atoms with Gasteiger partial charge in [-0.2, -0.15) is 0 Å². The molecule has 19 heavy (non-hydrogen) atoms. The molecule has 0 aliphatic heterocycles. The molecule has 0 fully saturated rings. The summed E-state index contributed by atoms with van der Waals surface area (Å²) in [5.74, 6) is -1.08. The first-order chi connectivity index (χ1) is 9.01. The first kappa shape index (κ1) is 14.0. The Labute approximate surface area is 122 Å². The molecule has 0 saturated heterocycles. The average Bonchev–Trinajstić information content (AvgIpc) is 2.42. The van der Waals surface area contributed by atoms with Crippen molar-refractivity contribution in [2.75, 3.05) is 7.11 Å². The van der Waals surface area contributed by atoms with Crippen molar-refractivity contribution in [3.05, 3.63) is 43.5 Å². The first-order valence-corrected chi connectivity index (χ1v) is 6.68. The largest absolute Gasteiger partial charge is 0.465 e. The average molecular weight is 375 g/mol. The highest BCUT2D eigenvalue weighted by molar-refractivity contribution is 14.1. The number of hydrogen-bond acceptors (Lipinski definition) is 3. The van der Waals surface area contributed by atoms with E-state index >= 15 is 0 Å². The van der Waals surface area contributed by atoms with E-state index < -0.39 is 11.4 Å². The van der Waals surface area contributed by atoms with Crippen molar-refractivity contribution in [1.82, 2.24) is 4.57 Å². The summed E-state index contributed by atoms with van der Waals surface area (Å²) in [6, 6.07) is 2.63. The van der Waals surface area contributed by atoms with Crippen molar-refractivity contribution in [2.45, 2.75) is 13.5 Å². The molecule has 100 valence electrons. The second-order valence-electron chi connectivity index (χ2n) is 3.91. The molecule has 1 aromatic carbocycles. The van der Waals surface area contributed by atoms with Crippen LogP contribution in [0.15, 0.2) is 23.1 Å². The number of methoxy groups -OCH3 is 1. The van der Waals surface area contributed by atoms with Gasteiger partial charge in [-0.15, -0.1) is 0 Å². The van der Waals surface area contributed by atoms with Gasteiger partial charge >= 0.3 is 5.97 Å². The molecule has 0 amide bonds.